The summed E-state index contributed by atoms with van der Waals surface area (Å²) >= 11 is 0. The lowest BCUT2D eigenvalue weighted by atomic mass is 9.87. The summed E-state index contributed by atoms with van der Waals surface area (Å²) in [6.07, 6.45) is 0. The van der Waals surface area contributed by atoms with E-state index in [-0.39, 0.29) is 5.41 Å². The molecule has 0 bridgehead atoms. The highest BCUT2D eigenvalue weighted by Crippen LogP contribution is 2.43. The number of rotatable bonds is 12. The zero-order valence-electron chi connectivity index (χ0n) is 71.2. The van der Waals surface area contributed by atoms with Gasteiger partial charge in [0.2, 0.25) is 17.7 Å². The fourth-order valence-corrected chi connectivity index (χ4v) is 17.7. The lowest BCUT2D eigenvalue weighted by Gasteiger charge is -2.18. The van der Waals surface area contributed by atoms with Crippen LogP contribution in [0.5, 0.6) is 0 Å². The molecule has 0 saturated heterocycles. The van der Waals surface area contributed by atoms with Crippen LogP contribution in [0.4, 0.5) is 0 Å². The van der Waals surface area contributed by atoms with Crippen LogP contribution in [-0.4, -0.2) is 28.7 Å². The van der Waals surface area contributed by atoms with E-state index in [2.05, 4.69) is 420 Å². The Morgan fingerprint density at radius 2 is 0.644 bits per heavy atom. The Morgan fingerprint density at radius 3 is 1.03 bits per heavy atom. The molecule has 0 aliphatic carbocycles. The summed E-state index contributed by atoms with van der Waals surface area (Å²) in [5.41, 5.74) is 39.2. The molecular formula is C106H102N9O3+3. The summed E-state index contributed by atoms with van der Waals surface area (Å²) in [6.45, 7) is 35.1. The van der Waals surface area contributed by atoms with E-state index in [1.165, 1.54) is 77.8 Å². The van der Waals surface area contributed by atoms with E-state index in [9.17, 15) is 0 Å². The van der Waals surface area contributed by atoms with E-state index in [1.54, 1.807) is 0 Å². The van der Waals surface area contributed by atoms with E-state index >= 15 is 0 Å². The largest absolute Gasteiger partial charge is 0.436 e. The normalized spacial score (nSPS) is 11.8. The summed E-state index contributed by atoms with van der Waals surface area (Å²) in [7, 11) is 6.47. The molecule has 0 N–H and O–H groups in total. The predicted molar refractivity (Wildman–Crippen MR) is 484 cm³/mol. The third-order valence-electron chi connectivity index (χ3n) is 23.8. The molecule has 0 aliphatic heterocycles. The topological polar surface area (TPSA) is 105 Å². The highest BCUT2D eigenvalue weighted by atomic mass is 16.4. The second-order valence-electron chi connectivity index (χ2n) is 33.7. The van der Waals surface area contributed by atoms with E-state index in [1.807, 2.05) is 0 Å². The molecule has 0 amide bonds. The quantitative estimate of drug-likeness (QED) is 0.113. The summed E-state index contributed by atoms with van der Waals surface area (Å²) < 4.78 is 33.2. The lowest BCUT2D eigenvalue weighted by Crippen LogP contribution is -2.30. The molecular weight excluding hydrogens is 1450 g/mol. The highest BCUT2D eigenvalue weighted by Gasteiger charge is 2.35. The summed E-state index contributed by atoms with van der Waals surface area (Å²) in [6, 6.07) is 92.7. The van der Waals surface area contributed by atoms with Crippen molar-refractivity contribution in [3.05, 3.63) is 328 Å². The first kappa shape index (κ1) is 77.3. The Bertz CT molecular complexity index is 7040. The lowest BCUT2D eigenvalue weighted by molar-refractivity contribution is -0.634. The zero-order chi connectivity index (χ0) is 82.4. The van der Waals surface area contributed by atoms with Crippen molar-refractivity contribution >= 4 is 66.4 Å². The van der Waals surface area contributed by atoms with Gasteiger partial charge in [0.05, 0.1) is 37.8 Å². The van der Waals surface area contributed by atoms with E-state index in [4.69, 9.17) is 28.2 Å². The van der Waals surface area contributed by atoms with Crippen molar-refractivity contribution in [2.24, 2.45) is 21.1 Å². The van der Waals surface area contributed by atoms with E-state index in [0.717, 1.165) is 134 Å². The molecule has 586 valence electrons. The molecule has 0 unspecified atom stereocenters. The third kappa shape index (κ3) is 13.7. The van der Waals surface area contributed by atoms with Gasteiger partial charge in [-0.25, -0.2) is 28.7 Å². The number of hydrogen-bond acceptors (Lipinski definition) is 6. The van der Waals surface area contributed by atoms with Gasteiger partial charge in [0.15, 0.2) is 49.8 Å². The van der Waals surface area contributed by atoms with Crippen molar-refractivity contribution in [2.45, 2.75) is 128 Å². The second kappa shape index (κ2) is 30.7. The van der Waals surface area contributed by atoms with Gasteiger partial charge in [0.25, 0.3) is 17.5 Å². The molecule has 0 saturated carbocycles. The zero-order valence-corrected chi connectivity index (χ0v) is 71.2. The maximum absolute atomic E-state index is 6.37. The summed E-state index contributed by atoms with van der Waals surface area (Å²) in [5, 5.41) is 0. The number of oxazole rings is 3. The molecule has 12 nitrogen and oxygen atoms in total. The monoisotopic (exact) mass is 1550 g/mol. The Labute approximate surface area is 691 Å². The molecule has 12 heteroatoms. The van der Waals surface area contributed by atoms with Crippen LogP contribution in [0.2, 0.25) is 0 Å². The van der Waals surface area contributed by atoms with Gasteiger partial charge in [-0.2, -0.15) is 13.7 Å². The van der Waals surface area contributed by atoms with Gasteiger partial charge >= 0.3 is 0 Å². The third-order valence-corrected chi connectivity index (χ3v) is 23.8. The first-order valence-corrected chi connectivity index (χ1v) is 41.1. The van der Waals surface area contributed by atoms with Gasteiger partial charge in [-0.1, -0.05) is 218 Å². The van der Waals surface area contributed by atoms with Gasteiger partial charge in [-0.15, -0.1) is 0 Å². The molecule has 0 fully saturated rings. The van der Waals surface area contributed by atoms with Crippen molar-refractivity contribution in [2.75, 3.05) is 0 Å². The number of para-hydroxylation sites is 8. The van der Waals surface area contributed by atoms with Crippen LogP contribution >= 0.6 is 0 Å². The average molecular weight is 1550 g/mol. The molecule has 0 radical (unpaired) electrons. The van der Waals surface area contributed by atoms with Gasteiger partial charge in [-0.3, -0.25) is 0 Å². The molecule has 0 spiro atoms. The fourth-order valence-electron chi connectivity index (χ4n) is 17.7. The van der Waals surface area contributed by atoms with Crippen LogP contribution in [0.25, 0.3) is 163 Å². The smallest absolute Gasteiger partial charge is 0.295 e. The minimum atomic E-state index is 0.104. The van der Waals surface area contributed by atoms with Crippen LogP contribution in [0, 0.1) is 62.3 Å². The van der Waals surface area contributed by atoms with Crippen LogP contribution in [0.1, 0.15) is 127 Å². The predicted octanol–water partition coefficient (Wildman–Crippen LogP) is 25.8. The molecule has 0 aliphatic rings. The van der Waals surface area contributed by atoms with E-state index < -0.39 is 0 Å². The van der Waals surface area contributed by atoms with Crippen LogP contribution < -0.4 is 13.7 Å². The Kier molecular flexibility index (Phi) is 20.1. The molecule has 0 atom stereocenters. The van der Waals surface area contributed by atoms with Crippen molar-refractivity contribution < 1.29 is 27.0 Å². The van der Waals surface area contributed by atoms with Gasteiger partial charge in [-0.05, 0) is 232 Å². The summed E-state index contributed by atoms with van der Waals surface area (Å²) in [4.78, 5) is 15.0. The number of aromatic nitrogens is 9. The van der Waals surface area contributed by atoms with Crippen LogP contribution in [-0.2, 0) is 26.6 Å². The minimum Gasteiger partial charge on any atom is -0.436 e. The maximum atomic E-state index is 6.37. The van der Waals surface area contributed by atoms with Gasteiger partial charge < -0.3 is 13.3 Å². The van der Waals surface area contributed by atoms with E-state index in [0.29, 0.717) is 29.5 Å². The Morgan fingerprint density at radius 1 is 0.314 bits per heavy atom. The number of imidazole rings is 3. The maximum Gasteiger partial charge on any atom is 0.295 e. The van der Waals surface area contributed by atoms with Crippen LogP contribution in [0.15, 0.2) is 274 Å². The van der Waals surface area contributed by atoms with Crippen molar-refractivity contribution in [1.82, 2.24) is 28.7 Å². The first-order chi connectivity index (χ1) is 56.8. The Hall–Kier alpha value is -13.3. The highest BCUT2D eigenvalue weighted by molar-refractivity contribution is 5.91. The molecule has 19 aromatic rings. The van der Waals surface area contributed by atoms with Crippen molar-refractivity contribution in [1.29, 1.82) is 0 Å². The van der Waals surface area contributed by atoms with Crippen molar-refractivity contribution in [3.63, 3.8) is 0 Å². The number of nitrogens with zero attached hydrogens (tertiary/aromatic N) is 9. The fraction of sp³-hybridized carbons (Fsp3) is 0.208. The van der Waals surface area contributed by atoms with Crippen LogP contribution in [0.3, 0.4) is 0 Å². The van der Waals surface area contributed by atoms with Gasteiger partial charge in [0.1, 0.15) is 33.6 Å². The standard InChI is InChI=1S/C36H30N3O.C36H38N3O.C34H34N3O/c1-23-13-12-14-24(2)34(23)35-37-29-22-28(25(3)21-33(29)40-35)36-38(4)31-19-10-11-20-32(31)39(36)30-18-9-8-17-27(30)26-15-6-5-7-16-26;1-21(2)26-15-12-16-27(22(3)4)34(26)39-31-18-10-9-17-30(31)38(8)36(39)28-20-29-32(19-25(28)7)40-35(37-29)33-23(5)13-11-14-24(33)6;1-21-11-10-12-22(2)31(21)32-35-27-20-26(23(3)19-30(27)38-32)33-36(7)28-13-8-9-14-29(28)37(33)25-17-15-24(16-18-25)34(4,5)6/h5-22H,1-4H3;9-22H,1-8H3;8-20H,1-7H3/q3*+1. The van der Waals surface area contributed by atoms with Gasteiger partial charge in [0, 0.05) is 33.4 Å². The first-order valence-electron chi connectivity index (χ1n) is 41.1. The molecule has 6 heterocycles. The number of fused-ring (bicyclic) bond motifs is 6. The van der Waals surface area contributed by atoms with Crippen molar-refractivity contribution in [3.8, 4) is 96.7 Å². The molecule has 13 aromatic carbocycles. The SMILES string of the molecule is Cc1cc2oc(-c3c(C)cccc3C)nc2cc1-c1n(-c2c(C(C)C)cccc2C(C)C)c2ccccc2[n+]1C.Cc1cc2oc(-c3c(C)cccc3C)nc2cc1-c1n(-c2ccc(C(C)(C)C)cc2)c2ccccc2[n+]1C.Cc1cc2oc(-c3c(C)cccc3C)nc2cc1-c1n(-c2ccccc2-c2ccccc2)c2ccccc2[n+]1C. The molecule has 118 heavy (non-hydrogen) atoms. The second-order valence-corrected chi connectivity index (χ2v) is 33.7. The molecule has 6 aromatic heterocycles. The number of aryl methyl sites for hydroxylation is 12. The summed E-state index contributed by atoms with van der Waals surface area (Å²) in [5.74, 6) is 6.15. The average Bonchev–Trinajstić information content (AvgIpc) is 1.61. The molecule has 19 rings (SSSR count). The minimum absolute atomic E-state index is 0.104. The Balaban J connectivity index is 0.000000127. The number of benzene rings is 13. The number of hydrogen-bond donors (Lipinski definition) is 0.